The van der Waals surface area contributed by atoms with Crippen molar-refractivity contribution in [1.29, 1.82) is 0 Å². The number of hydrogen-bond acceptors (Lipinski definition) is 5. The summed E-state index contributed by atoms with van der Waals surface area (Å²) in [6.07, 6.45) is 5.99. The monoisotopic (exact) mass is 347 g/mol. The highest BCUT2D eigenvalue weighted by atomic mass is 16.5. The minimum absolute atomic E-state index is 0.111. The van der Waals surface area contributed by atoms with E-state index in [1.807, 2.05) is 31.2 Å². The standard InChI is InChI=1S/C12H19NO2.C8H10O2/c1-3-12(14)15-10-5-4-9-6-7-13(2)11(9)8-10;1-9-7-5-3-4-6-8(7)10-2/h8-9,11H,3-7H2,1-2H3;3-6H,1-2H3. The lowest BCUT2D eigenvalue weighted by Gasteiger charge is -2.27. The van der Waals surface area contributed by atoms with Gasteiger partial charge in [-0.2, -0.15) is 0 Å². The summed E-state index contributed by atoms with van der Waals surface area (Å²) in [4.78, 5) is 13.5. The van der Waals surface area contributed by atoms with Gasteiger partial charge in [-0.25, -0.2) is 0 Å². The summed E-state index contributed by atoms with van der Waals surface area (Å²) in [5, 5.41) is 0. The number of likely N-dealkylation sites (N-methyl/N-ethyl adjacent to an activating group) is 1. The molecule has 0 amide bonds. The molecule has 0 saturated carbocycles. The average molecular weight is 347 g/mol. The van der Waals surface area contributed by atoms with Crippen LogP contribution in [0.5, 0.6) is 11.5 Å². The molecular weight excluding hydrogens is 318 g/mol. The molecule has 1 aromatic carbocycles. The Morgan fingerprint density at radius 2 is 1.80 bits per heavy atom. The van der Waals surface area contributed by atoms with Crippen LogP contribution in [0.25, 0.3) is 0 Å². The van der Waals surface area contributed by atoms with Crippen molar-refractivity contribution in [3.63, 3.8) is 0 Å². The van der Waals surface area contributed by atoms with Gasteiger partial charge in [-0.05, 0) is 50.6 Å². The van der Waals surface area contributed by atoms with Crippen LogP contribution in [0.15, 0.2) is 36.1 Å². The third-order valence-electron chi connectivity index (χ3n) is 4.79. The molecule has 2 atom stereocenters. The molecule has 1 aliphatic heterocycles. The van der Waals surface area contributed by atoms with E-state index in [1.165, 1.54) is 13.0 Å². The number of esters is 1. The van der Waals surface area contributed by atoms with Gasteiger partial charge in [0.25, 0.3) is 0 Å². The Kier molecular flexibility index (Phi) is 7.31. The highest BCUT2D eigenvalue weighted by molar-refractivity contribution is 5.70. The molecule has 0 aromatic heterocycles. The van der Waals surface area contributed by atoms with Gasteiger partial charge in [-0.3, -0.25) is 9.69 Å². The fourth-order valence-corrected chi connectivity index (χ4v) is 3.32. The second kappa shape index (κ2) is 9.47. The van der Waals surface area contributed by atoms with Crippen molar-refractivity contribution in [2.45, 2.75) is 38.6 Å². The first-order valence-electron chi connectivity index (χ1n) is 8.87. The van der Waals surface area contributed by atoms with E-state index in [0.717, 1.165) is 36.0 Å². The van der Waals surface area contributed by atoms with E-state index >= 15 is 0 Å². The number of nitrogens with zero attached hydrogens (tertiary/aromatic N) is 1. The van der Waals surface area contributed by atoms with E-state index in [9.17, 15) is 4.79 Å². The highest BCUT2D eigenvalue weighted by Gasteiger charge is 2.33. The van der Waals surface area contributed by atoms with Crippen LogP contribution in [0.3, 0.4) is 0 Å². The number of fused-ring (bicyclic) bond motifs is 1. The summed E-state index contributed by atoms with van der Waals surface area (Å²) in [6, 6.07) is 8.03. The summed E-state index contributed by atoms with van der Waals surface area (Å²) >= 11 is 0. The normalized spacial score (nSPS) is 22.2. The van der Waals surface area contributed by atoms with Gasteiger partial charge in [0, 0.05) is 18.9 Å². The van der Waals surface area contributed by atoms with E-state index in [0.29, 0.717) is 12.5 Å². The van der Waals surface area contributed by atoms with Gasteiger partial charge in [0.1, 0.15) is 5.76 Å². The molecule has 0 spiro atoms. The Hall–Kier alpha value is -2.01. The van der Waals surface area contributed by atoms with E-state index in [4.69, 9.17) is 14.2 Å². The molecule has 5 heteroatoms. The van der Waals surface area contributed by atoms with Crippen LogP contribution >= 0.6 is 0 Å². The molecule has 3 rings (SSSR count). The van der Waals surface area contributed by atoms with Gasteiger partial charge in [-0.15, -0.1) is 0 Å². The second-order valence-corrected chi connectivity index (χ2v) is 6.37. The third-order valence-corrected chi connectivity index (χ3v) is 4.79. The van der Waals surface area contributed by atoms with Crippen LogP contribution in [0, 0.1) is 5.92 Å². The molecule has 1 fully saturated rings. The molecule has 1 heterocycles. The minimum Gasteiger partial charge on any atom is -0.493 e. The van der Waals surface area contributed by atoms with Crippen molar-refractivity contribution >= 4 is 5.97 Å². The van der Waals surface area contributed by atoms with Crippen molar-refractivity contribution in [3.8, 4) is 11.5 Å². The zero-order valence-corrected chi connectivity index (χ0v) is 15.7. The first-order chi connectivity index (χ1) is 12.1. The Labute approximate surface area is 150 Å². The lowest BCUT2D eigenvalue weighted by atomic mass is 9.89. The third kappa shape index (κ3) is 5.23. The van der Waals surface area contributed by atoms with Gasteiger partial charge in [0.15, 0.2) is 11.5 Å². The van der Waals surface area contributed by atoms with Gasteiger partial charge < -0.3 is 14.2 Å². The van der Waals surface area contributed by atoms with Crippen LogP contribution in [0.1, 0.15) is 32.6 Å². The average Bonchev–Trinajstić information content (AvgIpc) is 3.02. The van der Waals surface area contributed by atoms with Crippen LogP contribution < -0.4 is 9.47 Å². The van der Waals surface area contributed by atoms with Crippen molar-refractivity contribution in [2.24, 2.45) is 5.92 Å². The molecule has 1 saturated heterocycles. The summed E-state index contributed by atoms with van der Waals surface area (Å²) in [5.74, 6) is 3.09. The first kappa shape index (κ1) is 19.3. The fraction of sp³-hybridized carbons (Fsp3) is 0.550. The predicted octanol–water partition coefficient (Wildman–Crippen LogP) is 3.64. The molecule has 5 nitrogen and oxygen atoms in total. The van der Waals surface area contributed by atoms with E-state index in [2.05, 4.69) is 18.0 Å². The number of rotatable bonds is 4. The number of allylic oxidation sites excluding steroid dienone is 1. The molecule has 0 N–H and O–H groups in total. The lowest BCUT2D eigenvalue weighted by Crippen LogP contribution is -2.30. The fourth-order valence-electron chi connectivity index (χ4n) is 3.32. The van der Waals surface area contributed by atoms with Crippen LogP contribution in [-0.4, -0.2) is 44.7 Å². The van der Waals surface area contributed by atoms with E-state index in [-0.39, 0.29) is 5.97 Å². The van der Waals surface area contributed by atoms with Crippen molar-refractivity contribution in [2.75, 3.05) is 27.8 Å². The number of methoxy groups -OCH3 is 2. The summed E-state index contributed by atoms with van der Waals surface area (Å²) in [6.45, 7) is 3.00. The van der Waals surface area contributed by atoms with Gasteiger partial charge in [-0.1, -0.05) is 19.1 Å². The maximum absolute atomic E-state index is 11.2. The molecule has 2 aliphatic rings. The molecular formula is C20H29NO4. The Morgan fingerprint density at radius 1 is 1.16 bits per heavy atom. The quantitative estimate of drug-likeness (QED) is 0.778. The zero-order chi connectivity index (χ0) is 18.2. The molecule has 0 bridgehead atoms. The van der Waals surface area contributed by atoms with E-state index in [1.54, 1.807) is 14.2 Å². The largest absolute Gasteiger partial charge is 0.493 e. The number of para-hydroxylation sites is 2. The Morgan fingerprint density at radius 3 is 2.36 bits per heavy atom. The van der Waals surface area contributed by atoms with Gasteiger partial charge in [0.2, 0.25) is 0 Å². The summed E-state index contributed by atoms with van der Waals surface area (Å²) in [5.41, 5.74) is 0. The smallest absolute Gasteiger partial charge is 0.310 e. The number of hydrogen-bond donors (Lipinski definition) is 0. The molecule has 1 aromatic rings. The molecule has 25 heavy (non-hydrogen) atoms. The minimum atomic E-state index is -0.111. The van der Waals surface area contributed by atoms with E-state index < -0.39 is 0 Å². The van der Waals surface area contributed by atoms with Crippen LogP contribution in [-0.2, 0) is 9.53 Å². The number of benzene rings is 1. The van der Waals surface area contributed by atoms with Crippen LogP contribution in [0.2, 0.25) is 0 Å². The van der Waals surface area contributed by atoms with Gasteiger partial charge >= 0.3 is 5.97 Å². The maximum atomic E-state index is 11.2. The Bertz CT molecular complexity index is 576. The van der Waals surface area contributed by atoms with Crippen molar-refractivity contribution in [1.82, 2.24) is 4.90 Å². The Balaban J connectivity index is 0.000000196. The topological polar surface area (TPSA) is 48.0 Å². The maximum Gasteiger partial charge on any atom is 0.310 e. The lowest BCUT2D eigenvalue weighted by molar-refractivity contribution is -0.139. The predicted molar refractivity (Wildman–Crippen MR) is 97.8 cm³/mol. The highest BCUT2D eigenvalue weighted by Crippen LogP contribution is 2.34. The SMILES string of the molecule is CCC(=O)OC1=CC2C(CC1)CCN2C.COc1ccccc1OC. The number of ether oxygens (including phenoxy) is 3. The molecule has 138 valence electrons. The van der Waals surface area contributed by atoms with Gasteiger partial charge in [0.05, 0.1) is 14.2 Å². The summed E-state index contributed by atoms with van der Waals surface area (Å²) < 4.78 is 15.3. The molecule has 0 radical (unpaired) electrons. The first-order valence-corrected chi connectivity index (χ1v) is 8.87. The zero-order valence-electron chi connectivity index (χ0n) is 15.7. The number of carbonyl (C=O) groups is 1. The van der Waals surface area contributed by atoms with Crippen molar-refractivity contribution < 1.29 is 19.0 Å². The molecule has 2 unspecified atom stereocenters. The summed E-state index contributed by atoms with van der Waals surface area (Å²) in [7, 11) is 5.39. The van der Waals surface area contributed by atoms with Crippen LogP contribution in [0.4, 0.5) is 0 Å². The number of carbonyl (C=O) groups excluding carboxylic acids is 1. The van der Waals surface area contributed by atoms with Crippen molar-refractivity contribution in [3.05, 3.63) is 36.1 Å². The second-order valence-electron chi connectivity index (χ2n) is 6.37. The molecule has 1 aliphatic carbocycles. The number of likely N-dealkylation sites (tertiary alicyclic amines) is 1.